The number of benzene rings is 11. The molecule has 0 bridgehead atoms. The van der Waals surface area contributed by atoms with E-state index in [0.29, 0.717) is 22.5 Å². The number of nitrogens with zero attached hydrogens (tertiary/aromatic N) is 6. The summed E-state index contributed by atoms with van der Waals surface area (Å²) in [6.07, 6.45) is 0. The molecule has 76 heavy (non-hydrogen) atoms. The van der Waals surface area contributed by atoms with Crippen LogP contribution < -0.4 is 0 Å². The second kappa shape index (κ2) is 14.9. The Hall–Kier alpha value is -10.8. The van der Waals surface area contributed by atoms with Crippen molar-refractivity contribution in [2.24, 2.45) is 0 Å². The number of hydrogen-bond donors (Lipinski definition) is 0. The fourth-order valence-electron chi connectivity index (χ4n) is 12.9. The highest BCUT2D eigenvalue weighted by atomic mass is 16.3. The molecule has 0 aliphatic heterocycles. The van der Waals surface area contributed by atoms with Crippen molar-refractivity contribution in [3.8, 4) is 34.9 Å². The van der Waals surface area contributed by atoms with Crippen molar-refractivity contribution in [2.45, 2.75) is 0 Å². The van der Waals surface area contributed by atoms with Gasteiger partial charge in [0.05, 0.1) is 77.4 Å². The monoisotopic (exact) mass is 968 g/mol. The van der Waals surface area contributed by atoms with Gasteiger partial charge in [-0.05, 0) is 109 Å². The summed E-state index contributed by atoms with van der Waals surface area (Å²) < 4.78 is 22.5. The summed E-state index contributed by atoms with van der Waals surface area (Å²) in [7, 11) is 0. The van der Waals surface area contributed by atoms with E-state index in [4.69, 9.17) is 8.83 Å². The normalized spacial score (nSPS) is 12.2. The molecule has 0 aliphatic rings. The molecule has 17 rings (SSSR count). The van der Waals surface area contributed by atoms with Gasteiger partial charge in [-0.3, -0.25) is 0 Å². The molecular formula is C68H36N6O2. The molecule has 0 N–H and O–H groups in total. The zero-order valence-corrected chi connectivity index (χ0v) is 40.3. The summed E-state index contributed by atoms with van der Waals surface area (Å²) in [5.74, 6) is 0. The third kappa shape index (κ3) is 5.28. The predicted molar refractivity (Wildman–Crippen MR) is 308 cm³/mol. The summed E-state index contributed by atoms with van der Waals surface area (Å²) in [6, 6.07) is 81.0. The number of para-hydroxylation sites is 6. The van der Waals surface area contributed by atoms with Crippen LogP contribution in [0.15, 0.2) is 227 Å². The molecule has 0 saturated heterocycles. The van der Waals surface area contributed by atoms with Crippen molar-refractivity contribution in [3.63, 3.8) is 0 Å². The van der Waals surface area contributed by atoms with E-state index in [1.165, 1.54) is 0 Å². The minimum absolute atomic E-state index is 0.401. The van der Waals surface area contributed by atoms with Crippen LogP contribution in [-0.4, -0.2) is 18.3 Å². The second-order valence-electron chi connectivity index (χ2n) is 19.8. The Morgan fingerprint density at radius 3 is 1.00 bits per heavy atom. The van der Waals surface area contributed by atoms with Crippen LogP contribution in [0.4, 0.5) is 0 Å². The molecule has 6 aromatic heterocycles. The largest absolute Gasteiger partial charge is 0.455 e. The van der Waals surface area contributed by atoms with Crippen LogP contribution in [-0.2, 0) is 0 Å². The lowest BCUT2D eigenvalue weighted by Gasteiger charge is -2.16. The van der Waals surface area contributed by atoms with Gasteiger partial charge >= 0.3 is 0 Å². The molecule has 0 saturated carbocycles. The van der Waals surface area contributed by atoms with E-state index in [-0.39, 0.29) is 0 Å². The zero-order chi connectivity index (χ0) is 49.9. The summed E-state index contributed by atoms with van der Waals surface area (Å²) in [5, 5.41) is 35.7. The second-order valence-corrected chi connectivity index (χ2v) is 19.8. The molecule has 8 nitrogen and oxygen atoms in total. The molecule has 17 aromatic rings. The van der Waals surface area contributed by atoms with Crippen molar-refractivity contribution >= 4 is 131 Å². The van der Waals surface area contributed by atoms with Gasteiger partial charge in [0, 0.05) is 65.2 Å². The van der Waals surface area contributed by atoms with E-state index >= 15 is 0 Å². The van der Waals surface area contributed by atoms with Crippen LogP contribution in [0.5, 0.6) is 0 Å². The number of hydrogen-bond acceptors (Lipinski definition) is 4. The fourth-order valence-corrected chi connectivity index (χ4v) is 12.9. The van der Waals surface area contributed by atoms with Gasteiger partial charge in [-0.2, -0.15) is 10.5 Å². The molecular weight excluding hydrogens is 933 g/mol. The maximum Gasteiger partial charge on any atom is 0.145 e. The highest BCUT2D eigenvalue weighted by Crippen LogP contribution is 2.46. The van der Waals surface area contributed by atoms with Gasteiger partial charge in [0.1, 0.15) is 34.5 Å². The van der Waals surface area contributed by atoms with E-state index in [0.717, 1.165) is 142 Å². The Morgan fingerprint density at radius 1 is 0.276 bits per heavy atom. The van der Waals surface area contributed by atoms with E-state index in [1.807, 2.05) is 48.5 Å². The molecule has 0 radical (unpaired) electrons. The van der Waals surface area contributed by atoms with E-state index in [9.17, 15) is 10.5 Å². The maximum atomic E-state index is 11.6. The highest BCUT2D eigenvalue weighted by Gasteiger charge is 2.26. The molecule has 350 valence electrons. The molecule has 0 unspecified atom stereocenters. The Morgan fingerprint density at radius 2 is 0.618 bits per heavy atom. The van der Waals surface area contributed by atoms with Crippen LogP contribution in [0.25, 0.3) is 154 Å². The minimum atomic E-state index is 0.401. The molecule has 0 atom stereocenters. The molecule has 8 heteroatoms. The van der Waals surface area contributed by atoms with Crippen molar-refractivity contribution in [1.29, 1.82) is 10.5 Å². The molecule has 0 amide bonds. The first-order valence-electron chi connectivity index (χ1n) is 25.4. The van der Waals surface area contributed by atoms with E-state index in [1.54, 1.807) is 0 Å². The van der Waals surface area contributed by atoms with Crippen LogP contribution in [0.2, 0.25) is 0 Å². The molecule has 0 fully saturated rings. The van der Waals surface area contributed by atoms with Gasteiger partial charge in [-0.25, -0.2) is 0 Å². The molecule has 0 spiro atoms. The number of rotatable bonds is 4. The molecule has 6 heterocycles. The number of aromatic nitrogens is 4. The van der Waals surface area contributed by atoms with Crippen molar-refractivity contribution in [2.75, 3.05) is 0 Å². The Labute approximate surface area is 431 Å². The number of fused-ring (bicyclic) bond motifs is 20. The van der Waals surface area contributed by atoms with E-state index in [2.05, 4.69) is 200 Å². The van der Waals surface area contributed by atoms with Crippen molar-refractivity contribution in [3.05, 3.63) is 230 Å². The smallest absolute Gasteiger partial charge is 0.145 e. The topological polar surface area (TPSA) is 93.6 Å². The first-order valence-corrected chi connectivity index (χ1v) is 25.4. The average molecular weight is 969 g/mol. The van der Waals surface area contributed by atoms with Crippen molar-refractivity contribution < 1.29 is 8.83 Å². The lowest BCUT2D eigenvalue weighted by atomic mass is 10.1. The van der Waals surface area contributed by atoms with Gasteiger partial charge in [0.15, 0.2) is 0 Å². The predicted octanol–water partition coefficient (Wildman–Crippen LogP) is 17.6. The lowest BCUT2D eigenvalue weighted by Crippen LogP contribution is -2.04. The minimum Gasteiger partial charge on any atom is -0.455 e. The number of nitriles is 2. The zero-order valence-electron chi connectivity index (χ0n) is 40.3. The van der Waals surface area contributed by atoms with E-state index < -0.39 is 0 Å². The third-order valence-corrected chi connectivity index (χ3v) is 16.0. The molecule has 0 aliphatic carbocycles. The van der Waals surface area contributed by atoms with Crippen molar-refractivity contribution in [1.82, 2.24) is 18.3 Å². The first kappa shape index (κ1) is 40.8. The average Bonchev–Trinajstić information content (AvgIpc) is 4.38. The van der Waals surface area contributed by atoms with Crippen LogP contribution in [0.1, 0.15) is 11.1 Å². The fraction of sp³-hybridized carbons (Fsp3) is 0. The Balaban J connectivity index is 0.969. The summed E-state index contributed by atoms with van der Waals surface area (Å²) in [6.45, 7) is 0. The highest BCUT2D eigenvalue weighted by molar-refractivity contribution is 6.26. The van der Waals surface area contributed by atoms with Crippen LogP contribution >= 0.6 is 0 Å². The van der Waals surface area contributed by atoms with Gasteiger partial charge < -0.3 is 27.1 Å². The lowest BCUT2D eigenvalue weighted by molar-refractivity contribution is 0.672. The van der Waals surface area contributed by atoms with Gasteiger partial charge in [0.25, 0.3) is 0 Å². The standard InChI is InChI=1S/C68H36N6O2/c69-37-39-34-60(74-58-32-30-50-48-18-6-12-24-64(48)76-68(50)66(58)52-28-26-42(36-62(52)74)72-55-21-9-3-15-45(55)46-16-4-10-22-56(46)72)40(38-70)33-59(39)73-57-31-29-49-47-17-5-11-23-63(47)75-67(49)65(57)51-27-25-41(35-61(51)73)71-53-19-7-1-13-43(53)44-14-2-8-20-54(44)71/h1-36H. The molecule has 11 aromatic carbocycles. The van der Waals surface area contributed by atoms with Crippen LogP contribution in [0.3, 0.4) is 0 Å². The SMILES string of the molecule is N#Cc1cc(-n2c3cc(-n4c5ccccc5c5ccccc54)ccc3c3c4oc5ccccc5c4ccc32)c(C#N)cc1-n1c2cc(-n3c4ccccc4c4ccccc43)ccc2c2c3oc4ccccc4c3ccc21. The van der Waals surface area contributed by atoms with Crippen LogP contribution in [0, 0.1) is 22.7 Å². The summed E-state index contributed by atoms with van der Waals surface area (Å²) >= 11 is 0. The first-order chi connectivity index (χ1) is 37.6. The van der Waals surface area contributed by atoms with Gasteiger partial charge in [0.2, 0.25) is 0 Å². The number of furan rings is 2. The van der Waals surface area contributed by atoms with Gasteiger partial charge in [-0.1, -0.05) is 109 Å². The Kier molecular flexibility index (Phi) is 7.99. The summed E-state index contributed by atoms with van der Waals surface area (Å²) in [5.41, 5.74) is 14.9. The Bertz CT molecular complexity index is 5070. The summed E-state index contributed by atoms with van der Waals surface area (Å²) in [4.78, 5) is 0. The van der Waals surface area contributed by atoms with Gasteiger partial charge in [-0.15, -0.1) is 0 Å². The maximum absolute atomic E-state index is 11.6. The third-order valence-electron chi connectivity index (χ3n) is 16.0. The quantitative estimate of drug-likeness (QED) is 0.176.